The van der Waals surface area contributed by atoms with Gasteiger partial charge in [0.05, 0.1) is 0 Å². The van der Waals surface area contributed by atoms with E-state index in [-0.39, 0.29) is 0 Å². The third-order valence-corrected chi connectivity index (χ3v) is 1.44. The Labute approximate surface area is 70.0 Å². The fraction of sp³-hybridized carbons (Fsp3) is 0.600. The minimum Gasteiger partial charge on any atom is -0.434 e. The molecule has 5 nitrogen and oxygen atoms in total. The summed E-state index contributed by atoms with van der Waals surface area (Å²) < 4.78 is 39.9. The molecule has 0 spiro atoms. The number of amides is 2. The number of nitrogens with two attached hydrogens (primary N) is 1. The van der Waals surface area contributed by atoms with Crippen LogP contribution in [0.1, 0.15) is 0 Å². The Balaban J connectivity index is 2.84. The van der Waals surface area contributed by atoms with E-state index in [1.807, 2.05) is 0 Å². The second-order valence-corrected chi connectivity index (χ2v) is 2.39. The molecule has 1 heterocycles. The standard InChI is InChI=1S/C5H5F3N2O3/c6-5(7,8)2-1(3(9)11)10-4(12)13-2/h1-2H,(H2,9,11)(H,10,12). The van der Waals surface area contributed by atoms with Crippen LogP contribution >= 0.6 is 0 Å². The van der Waals surface area contributed by atoms with E-state index in [4.69, 9.17) is 0 Å². The van der Waals surface area contributed by atoms with Crippen molar-refractivity contribution < 1.29 is 27.5 Å². The van der Waals surface area contributed by atoms with Crippen molar-refractivity contribution in [2.75, 3.05) is 0 Å². The fourth-order valence-electron chi connectivity index (χ4n) is 0.896. The number of halogens is 3. The molecule has 1 saturated heterocycles. The van der Waals surface area contributed by atoms with Crippen LogP contribution in [0.15, 0.2) is 0 Å². The maximum Gasteiger partial charge on any atom is 0.428 e. The molecule has 0 saturated carbocycles. The number of carbonyl (C=O) groups excluding carboxylic acids is 2. The molecule has 1 aliphatic heterocycles. The Kier molecular flexibility index (Phi) is 2.06. The molecule has 1 rings (SSSR count). The van der Waals surface area contributed by atoms with Crippen molar-refractivity contribution in [2.24, 2.45) is 5.73 Å². The van der Waals surface area contributed by atoms with Crippen LogP contribution in [0, 0.1) is 0 Å². The molecule has 0 aromatic heterocycles. The summed E-state index contributed by atoms with van der Waals surface area (Å²) in [6.45, 7) is 0. The minimum atomic E-state index is -4.79. The number of carbonyl (C=O) groups is 2. The number of ether oxygens (including phenoxy) is 1. The lowest BCUT2D eigenvalue weighted by Gasteiger charge is -2.16. The first-order chi connectivity index (χ1) is 5.82. The van der Waals surface area contributed by atoms with E-state index in [1.54, 1.807) is 5.32 Å². The number of hydrogen-bond acceptors (Lipinski definition) is 3. The Bertz CT molecular complexity index is 252. The molecule has 74 valence electrons. The first kappa shape index (κ1) is 9.62. The molecular weight excluding hydrogens is 193 g/mol. The van der Waals surface area contributed by atoms with E-state index in [1.165, 1.54) is 0 Å². The highest BCUT2D eigenvalue weighted by atomic mass is 19.4. The van der Waals surface area contributed by atoms with Gasteiger partial charge in [-0.2, -0.15) is 13.2 Å². The summed E-state index contributed by atoms with van der Waals surface area (Å²) in [4.78, 5) is 20.8. The third kappa shape index (κ3) is 1.82. The monoisotopic (exact) mass is 198 g/mol. The van der Waals surface area contributed by atoms with Crippen molar-refractivity contribution >= 4 is 12.0 Å². The van der Waals surface area contributed by atoms with Gasteiger partial charge in [0.25, 0.3) is 0 Å². The van der Waals surface area contributed by atoms with Crippen molar-refractivity contribution in [3.8, 4) is 0 Å². The van der Waals surface area contributed by atoms with Gasteiger partial charge in [0.15, 0.2) is 6.04 Å². The Hall–Kier alpha value is -1.47. The minimum absolute atomic E-state index is 1.28. The summed E-state index contributed by atoms with van der Waals surface area (Å²) in [6.07, 6.45) is -8.58. The molecule has 3 N–H and O–H groups in total. The Morgan fingerprint density at radius 1 is 1.54 bits per heavy atom. The van der Waals surface area contributed by atoms with E-state index in [0.717, 1.165) is 0 Å². The van der Waals surface area contributed by atoms with E-state index >= 15 is 0 Å². The molecule has 0 aromatic carbocycles. The quantitative estimate of drug-likeness (QED) is 0.596. The summed E-state index contributed by atoms with van der Waals surface area (Å²) >= 11 is 0. The first-order valence-corrected chi connectivity index (χ1v) is 3.15. The van der Waals surface area contributed by atoms with Gasteiger partial charge in [0, 0.05) is 0 Å². The van der Waals surface area contributed by atoms with E-state index < -0.39 is 30.3 Å². The van der Waals surface area contributed by atoms with Crippen LogP contribution in [-0.4, -0.2) is 30.3 Å². The lowest BCUT2D eigenvalue weighted by atomic mass is 10.1. The lowest BCUT2D eigenvalue weighted by Crippen LogP contribution is -2.49. The first-order valence-electron chi connectivity index (χ1n) is 3.15. The topological polar surface area (TPSA) is 81.4 Å². The van der Waals surface area contributed by atoms with E-state index in [2.05, 4.69) is 10.5 Å². The van der Waals surface area contributed by atoms with Gasteiger partial charge < -0.3 is 15.8 Å². The number of nitrogens with one attached hydrogen (secondary N) is 1. The fourth-order valence-corrected chi connectivity index (χ4v) is 0.896. The van der Waals surface area contributed by atoms with Crippen LogP contribution in [0.3, 0.4) is 0 Å². The molecule has 0 bridgehead atoms. The Morgan fingerprint density at radius 2 is 2.08 bits per heavy atom. The van der Waals surface area contributed by atoms with E-state index in [9.17, 15) is 22.8 Å². The van der Waals surface area contributed by atoms with Gasteiger partial charge in [-0.25, -0.2) is 4.79 Å². The number of rotatable bonds is 1. The zero-order valence-electron chi connectivity index (χ0n) is 6.09. The van der Waals surface area contributed by atoms with Gasteiger partial charge in [-0.15, -0.1) is 0 Å². The largest absolute Gasteiger partial charge is 0.434 e. The van der Waals surface area contributed by atoms with Gasteiger partial charge in [0.1, 0.15) is 0 Å². The molecular formula is C5H5F3N2O3. The average Bonchev–Trinajstić information content (AvgIpc) is 2.29. The highest BCUT2D eigenvalue weighted by Gasteiger charge is 2.54. The number of primary amides is 1. The number of alkyl carbamates (subject to hydrolysis) is 1. The SMILES string of the molecule is NC(=O)C1NC(=O)OC1C(F)(F)F. The molecule has 0 aliphatic carbocycles. The molecule has 13 heavy (non-hydrogen) atoms. The van der Waals surface area contributed by atoms with Crippen molar-refractivity contribution in [3.63, 3.8) is 0 Å². The van der Waals surface area contributed by atoms with Gasteiger partial charge in [-0.05, 0) is 0 Å². The van der Waals surface area contributed by atoms with Crippen LogP contribution in [0.2, 0.25) is 0 Å². The zero-order valence-corrected chi connectivity index (χ0v) is 6.09. The van der Waals surface area contributed by atoms with Crippen molar-refractivity contribution in [2.45, 2.75) is 18.3 Å². The number of cyclic esters (lactones) is 1. The average molecular weight is 198 g/mol. The molecule has 2 amide bonds. The number of alkyl halides is 3. The second kappa shape index (κ2) is 2.79. The predicted molar refractivity (Wildman–Crippen MR) is 32.4 cm³/mol. The maximum absolute atomic E-state index is 12.0. The smallest absolute Gasteiger partial charge is 0.428 e. The lowest BCUT2D eigenvalue weighted by molar-refractivity contribution is -0.200. The van der Waals surface area contributed by atoms with Gasteiger partial charge in [-0.3, -0.25) is 4.79 Å². The molecule has 2 unspecified atom stereocenters. The molecule has 0 radical (unpaired) electrons. The van der Waals surface area contributed by atoms with Crippen molar-refractivity contribution in [3.05, 3.63) is 0 Å². The van der Waals surface area contributed by atoms with Crippen LogP contribution in [0.5, 0.6) is 0 Å². The third-order valence-electron chi connectivity index (χ3n) is 1.44. The van der Waals surface area contributed by atoms with Crippen LogP contribution in [-0.2, 0) is 9.53 Å². The van der Waals surface area contributed by atoms with Crippen LogP contribution in [0.4, 0.5) is 18.0 Å². The van der Waals surface area contributed by atoms with Crippen molar-refractivity contribution in [1.82, 2.24) is 5.32 Å². The highest BCUT2D eigenvalue weighted by Crippen LogP contribution is 2.28. The maximum atomic E-state index is 12.0. The molecule has 1 aliphatic rings. The molecule has 2 atom stereocenters. The zero-order chi connectivity index (χ0) is 10.2. The molecule has 1 fully saturated rings. The summed E-state index contributed by atoms with van der Waals surface area (Å²) in [6, 6.07) is -1.84. The molecule has 8 heteroatoms. The predicted octanol–water partition coefficient (Wildman–Crippen LogP) is -0.489. The van der Waals surface area contributed by atoms with Crippen molar-refractivity contribution in [1.29, 1.82) is 0 Å². The van der Waals surface area contributed by atoms with Gasteiger partial charge in [0.2, 0.25) is 12.0 Å². The highest BCUT2D eigenvalue weighted by molar-refractivity contribution is 5.87. The van der Waals surface area contributed by atoms with Crippen LogP contribution in [0.25, 0.3) is 0 Å². The summed E-state index contributed by atoms with van der Waals surface area (Å²) in [7, 11) is 0. The summed E-state index contributed by atoms with van der Waals surface area (Å²) in [5.41, 5.74) is 4.61. The van der Waals surface area contributed by atoms with Gasteiger partial charge in [-0.1, -0.05) is 0 Å². The van der Waals surface area contributed by atoms with Crippen LogP contribution < -0.4 is 11.1 Å². The van der Waals surface area contributed by atoms with Gasteiger partial charge >= 0.3 is 12.3 Å². The Morgan fingerprint density at radius 3 is 2.38 bits per heavy atom. The molecule has 0 aromatic rings. The van der Waals surface area contributed by atoms with E-state index in [0.29, 0.717) is 0 Å². The second-order valence-electron chi connectivity index (χ2n) is 2.39. The summed E-state index contributed by atoms with van der Waals surface area (Å²) in [5, 5.41) is 1.65. The summed E-state index contributed by atoms with van der Waals surface area (Å²) in [5.74, 6) is -1.28. The normalized spacial score (nSPS) is 28.1. The number of hydrogen-bond donors (Lipinski definition) is 2.